The molecule has 10 aromatic carbocycles. The number of halogens is 3. The van der Waals surface area contributed by atoms with Crippen molar-refractivity contribution in [3.8, 4) is 30.3 Å². The maximum atomic E-state index is 13.6. The number of carbonyl (C=O) groups is 12. The molecule has 0 radical (unpaired) electrons. The van der Waals surface area contributed by atoms with Crippen LogP contribution >= 0.6 is 10.7 Å². The van der Waals surface area contributed by atoms with Crippen LogP contribution in [0.2, 0.25) is 0 Å². The number of aldehydes is 1. The van der Waals surface area contributed by atoms with Crippen LogP contribution in [-0.4, -0.2) is 110 Å². The molecular formula is C96H87ClF2N15NaO21S2. The molecule has 0 unspecified atom stereocenters. The number of nitro benzene ring substituents is 2. The van der Waals surface area contributed by atoms with E-state index in [0.29, 0.717) is 99.8 Å². The number of nitriles is 5. The van der Waals surface area contributed by atoms with Gasteiger partial charge in [-0.25, -0.2) is 40.8 Å². The van der Waals surface area contributed by atoms with Gasteiger partial charge < -0.3 is 17.6 Å². The molecule has 5 aliphatic rings. The smallest absolute Gasteiger partial charge is 1.00 e. The van der Waals surface area contributed by atoms with Gasteiger partial charge in [0.15, 0.2) is 0 Å². The van der Waals surface area contributed by atoms with Gasteiger partial charge in [-0.2, -0.15) is 26.3 Å². The third-order valence-corrected chi connectivity index (χ3v) is 22.4. The summed E-state index contributed by atoms with van der Waals surface area (Å²) in [7, 11) is -3.46. The number of benzene rings is 10. The van der Waals surface area contributed by atoms with Gasteiger partial charge in [0.1, 0.15) is 42.4 Å². The summed E-state index contributed by atoms with van der Waals surface area (Å²) in [4.78, 5) is 159. The molecule has 0 spiro atoms. The maximum Gasteiger partial charge on any atom is 1.00 e. The first kappa shape index (κ1) is 110. The van der Waals surface area contributed by atoms with Crippen molar-refractivity contribution >= 4 is 152 Å². The Morgan fingerprint density at radius 1 is 0.493 bits per heavy atom. The molecule has 15 rings (SSSR count). The number of carbonyl (C=O) groups excluding carboxylic acids is 11. The Bertz CT molecular complexity index is 6530. The van der Waals surface area contributed by atoms with Crippen LogP contribution in [-0.2, 0) is 84.9 Å². The number of anilines is 7. The minimum atomic E-state index is -3.96. The number of imide groups is 5. The molecule has 0 bridgehead atoms. The van der Waals surface area contributed by atoms with Crippen LogP contribution in [0.3, 0.4) is 0 Å². The SMILES string of the molecule is CC(=O)O.N#Cc1cc(N(Cc2ccccc2)S(=O)(=O)c2ccccc2)ccc1N1C(=O)CCCC1=O.N#Cc1cc(N)ccc1N1C(=O)CCCC1=O.N#Cc1cc(NCc2ccccc2)ccc1N1C(=O)CCCC1=O.N#Cc1cc([N+](=O)[O-])ccc1F.N#Cc1cc([N+](=O)[O-])ccc1N1C(=O)CCCC1=O.O=C1CCCC(=O)N1.O=Cc1ccccc1.O=S(=O)(Cl)c1ccccc1.[2H]CF.[H-].[Na+]. The van der Waals surface area contributed by atoms with E-state index < -0.39 is 47.9 Å². The Labute approximate surface area is 820 Å². The molecule has 0 aliphatic carbocycles. The third-order valence-electron chi connectivity index (χ3n) is 19.2. The molecule has 0 atom stereocenters. The standard InChI is InChI=1S/C25H21N3O4S.C19H17N3O2.C12H9N3O4.C12H11N3O2.C7H3FN2O2.C7H6O.C6H5ClO2S.C5H7NO2.C2H4O2.CH3F.Na.H/c26-17-20-16-21(14-15-23(20)28-24(29)12-7-13-25(28)30)27(18-19-8-3-1-4-9-19)33(31,32)22-10-5-2-6-11-22;20-12-15-11-16(21-13-14-5-2-1-3-6-14)9-10-17(15)22-18(23)7-4-8-19(22)24;13-7-8-6-9(15(18)19)4-5-10(8)14-11(16)2-1-3-12(14)17;13-7-8-6-9(14)4-5-10(8)15-11(16)2-1-3-12(15)17;8-7-2-1-6(10(11)12)3-5(7)4-9;8-6-7-4-2-1-3-5-7;7-10(8,9)6-4-2-1-3-5-6;7-4-2-1-3-5(8)6-4;1-2(3)4;1-2;;/h1-6,8-11,14-16H,7,12-13,18H2;1-3,5-6,9-11,21H,4,7-8,13H2;4-6H,1-3H2;4-6H,1-3,14H2;1-3H;1-6H;1-5H;1-3H2,(H,6,7,8);1H3,(H,3,4);1H3;;/q;;;;;;;;;;+1;-1/i;;;;;;;;;1D;;. The van der Waals surface area contributed by atoms with Crippen molar-refractivity contribution in [3.63, 3.8) is 0 Å². The van der Waals surface area contributed by atoms with Crippen molar-refractivity contribution in [2.24, 2.45) is 0 Å². The van der Waals surface area contributed by atoms with Crippen LogP contribution in [0.25, 0.3) is 0 Å². The number of piperidine rings is 5. The molecule has 42 heteroatoms. The average Bonchev–Trinajstić information content (AvgIpc) is 0.774. The van der Waals surface area contributed by atoms with E-state index >= 15 is 0 Å². The molecule has 10 aromatic rings. The first-order valence-electron chi connectivity index (χ1n) is 41.7. The number of sulfonamides is 1. The molecule has 5 saturated heterocycles. The fourth-order valence-corrected chi connectivity index (χ4v) is 15.1. The molecule has 0 aromatic heterocycles. The van der Waals surface area contributed by atoms with Gasteiger partial charge in [-0.1, -0.05) is 127 Å². The van der Waals surface area contributed by atoms with Gasteiger partial charge in [-0.3, -0.25) is 91.8 Å². The van der Waals surface area contributed by atoms with E-state index in [-0.39, 0.29) is 183 Å². The molecule has 36 nitrogen and oxygen atoms in total. The number of rotatable bonds is 16. The van der Waals surface area contributed by atoms with Gasteiger partial charge in [-0.15, -0.1) is 0 Å². The summed E-state index contributed by atoms with van der Waals surface area (Å²) >= 11 is 0. The summed E-state index contributed by atoms with van der Waals surface area (Å²) in [6.45, 7) is 1.76. The molecule has 0 saturated carbocycles. The largest absolute Gasteiger partial charge is 1.00 e. The second-order valence-corrected chi connectivity index (χ2v) is 33.3. The zero-order chi connectivity index (χ0) is 102. The fraction of sp³-hybridized carbons (Fsp3) is 0.198. The number of alkyl halides is 1. The van der Waals surface area contributed by atoms with Gasteiger partial charge in [-0.05, 0) is 134 Å². The number of nitrogen functional groups attached to an aromatic ring is 1. The fourth-order valence-electron chi connectivity index (χ4n) is 12.8. The summed E-state index contributed by atoms with van der Waals surface area (Å²) < 4.78 is 77.6. The van der Waals surface area contributed by atoms with Crippen LogP contribution in [0, 0.1) is 82.7 Å². The van der Waals surface area contributed by atoms with E-state index in [1.807, 2.05) is 91.0 Å². The number of amides is 10. The van der Waals surface area contributed by atoms with Crippen molar-refractivity contribution in [1.82, 2.24) is 5.32 Å². The van der Waals surface area contributed by atoms with Gasteiger partial charge in [0, 0.05) is 130 Å². The number of nitrogens with one attached hydrogen (secondary N) is 2. The van der Waals surface area contributed by atoms with E-state index in [2.05, 4.69) is 16.7 Å². The molecule has 706 valence electrons. The van der Waals surface area contributed by atoms with Crippen LogP contribution in [0.1, 0.15) is 155 Å². The summed E-state index contributed by atoms with van der Waals surface area (Å²) in [5.74, 6) is -4.37. The monoisotopic (exact) mass is 1950 g/mol. The summed E-state index contributed by atoms with van der Waals surface area (Å²) in [5.41, 5.74) is 10.3. The molecule has 5 fully saturated rings. The van der Waals surface area contributed by atoms with Crippen molar-refractivity contribution in [2.45, 2.75) is 126 Å². The van der Waals surface area contributed by atoms with Gasteiger partial charge in [0.05, 0.1) is 91.0 Å². The van der Waals surface area contributed by atoms with Crippen LogP contribution < -0.4 is 69.8 Å². The summed E-state index contributed by atoms with van der Waals surface area (Å²) in [6, 6.07) is 73.8. The minimum Gasteiger partial charge on any atom is -1.00 e. The maximum absolute atomic E-state index is 13.6. The van der Waals surface area contributed by atoms with Crippen LogP contribution in [0.5, 0.6) is 0 Å². The topological polar surface area (TPSA) is 565 Å². The number of carboxylic acid groups (broad SMARTS) is 1. The van der Waals surface area contributed by atoms with E-state index in [1.54, 1.807) is 78.9 Å². The summed E-state index contributed by atoms with van der Waals surface area (Å²) in [6.07, 6.45) is 6.93. The first-order valence-corrected chi connectivity index (χ1v) is 44.8. The second-order valence-electron chi connectivity index (χ2n) is 28.8. The predicted molar refractivity (Wildman–Crippen MR) is 499 cm³/mol. The van der Waals surface area contributed by atoms with E-state index in [0.717, 1.165) is 79.5 Å². The Hall–Kier alpha value is -16.3. The molecule has 10 amide bonds. The van der Waals surface area contributed by atoms with Crippen molar-refractivity contribution in [1.29, 1.82) is 26.3 Å². The number of hydrogen-bond donors (Lipinski definition) is 4. The van der Waals surface area contributed by atoms with E-state index in [4.69, 9.17) is 43.5 Å². The van der Waals surface area contributed by atoms with Gasteiger partial charge in [0.2, 0.25) is 59.1 Å². The zero-order valence-corrected chi connectivity index (χ0v) is 78.3. The van der Waals surface area contributed by atoms with Gasteiger partial charge in [0.25, 0.3) is 36.4 Å². The number of nitrogens with zero attached hydrogens (tertiary/aromatic N) is 12. The number of non-ortho nitro benzene ring substituents is 2. The minimum absolute atomic E-state index is 0. The number of hydrogen-bond acceptors (Lipinski definition) is 27. The average molecular weight is 1950 g/mol. The number of nitrogens with two attached hydrogens (primary N) is 1. The first-order chi connectivity index (χ1) is 65.9. The van der Waals surface area contributed by atoms with E-state index in [1.165, 1.54) is 77.1 Å². The molecule has 5 aliphatic heterocycles. The number of aliphatic carboxylic acids is 1. The Morgan fingerprint density at radius 2 is 0.812 bits per heavy atom. The predicted octanol–water partition coefficient (Wildman–Crippen LogP) is 12.2. The van der Waals surface area contributed by atoms with Crippen LogP contribution in [0.15, 0.2) is 252 Å². The van der Waals surface area contributed by atoms with Gasteiger partial charge >= 0.3 is 29.6 Å². The van der Waals surface area contributed by atoms with Crippen molar-refractivity contribution < 1.29 is 130 Å². The van der Waals surface area contributed by atoms with Crippen molar-refractivity contribution in [2.75, 3.05) is 42.1 Å². The molecule has 5 N–H and O–H groups in total. The molecular weight excluding hydrogens is 1860 g/mol. The van der Waals surface area contributed by atoms with Crippen LogP contribution in [0.4, 0.5) is 60.0 Å². The number of nitro groups is 2. The normalized spacial score (nSPS) is 13.5. The Kier molecular flexibility index (Phi) is 45.4. The van der Waals surface area contributed by atoms with E-state index in [9.17, 15) is 109 Å². The zero-order valence-electron chi connectivity index (χ0n) is 75.9. The Balaban J connectivity index is 0.000000343. The van der Waals surface area contributed by atoms with Crippen molar-refractivity contribution in [3.05, 3.63) is 313 Å². The number of carboxylic acids is 1. The molecule has 5 heterocycles. The summed E-state index contributed by atoms with van der Waals surface area (Å²) in [5, 5.41) is 79.1. The molecule has 138 heavy (non-hydrogen) atoms. The Morgan fingerprint density at radius 3 is 1.17 bits per heavy atom. The quantitative estimate of drug-likeness (QED) is 0.0133. The third kappa shape index (κ3) is 34.3. The second kappa shape index (κ2) is 56.7.